The maximum absolute atomic E-state index is 11.4. The Morgan fingerprint density at radius 3 is 2.25 bits per heavy atom. The van der Waals surface area contributed by atoms with Gasteiger partial charge in [-0.05, 0) is 30.5 Å². The summed E-state index contributed by atoms with van der Waals surface area (Å²) in [4.78, 5) is 11.4. The van der Waals surface area contributed by atoms with E-state index in [0.29, 0.717) is 32.1 Å². The average molecular weight is 332 g/mol. The molecule has 1 aliphatic rings. The Bertz CT molecular complexity index is 583. The molecule has 1 aromatic carbocycles. The first-order valence-electron chi connectivity index (χ1n) is 8.33. The molecular weight excluding hydrogens is 304 g/mol. The smallest absolute Gasteiger partial charge is 0.138 e. The number of hydrogen-bond acceptors (Lipinski definition) is 3. The van der Waals surface area contributed by atoms with Gasteiger partial charge in [-0.25, -0.2) is 0 Å². The summed E-state index contributed by atoms with van der Waals surface area (Å²) >= 11 is 0. The van der Waals surface area contributed by atoms with E-state index >= 15 is 0 Å². The fourth-order valence-electron chi connectivity index (χ4n) is 3.12. The highest BCUT2D eigenvalue weighted by atomic mass is 16.5. The van der Waals surface area contributed by atoms with Gasteiger partial charge >= 0.3 is 0 Å². The van der Waals surface area contributed by atoms with Gasteiger partial charge in [0.1, 0.15) is 22.9 Å². The predicted molar refractivity (Wildman–Crippen MR) is 91.3 cm³/mol. The second-order valence-electron chi connectivity index (χ2n) is 6.42. The number of quaternary nitrogens is 2. The lowest BCUT2D eigenvalue weighted by molar-refractivity contribution is -0.591. The Kier molecular flexibility index (Phi) is 6.54. The molecule has 1 fully saturated rings. The van der Waals surface area contributed by atoms with Gasteiger partial charge < -0.3 is 20.5 Å². The van der Waals surface area contributed by atoms with Crippen LogP contribution < -0.4 is 15.4 Å². The van der Waals surface area contributed by atoms with E-state index in [1.165, 1.54) is 0 Å². The minimum Gasteiger partial charge on any atom is -0.497 e. The summed E-state index contributed by atoms with van der Waals surface area (Å²) in [6.07, 6.45) is 3.21. The van der Waals surface area contributed by atoms with Gasteiger partial charge in [-0.15, -0.1) is 14.1 Å². The van der Waals surface area contributed by atoms with Crippen LogP contribution in [0.3, 0.4) is 0 Å². The first-order chi connectivity index (χ1) is 11.5. The largest absolute Gasteiger partial charge is 0.497 e. The molecule has 0 spiro atoms. The number of hydrogen-bond donors (Lipinski definition) is 3. The molecule has 0 atom stereocenters. The molecule has 24 heavy (non-hydrogen) atoms. The number of Topliss-reactive ketones (excluding diaryl/α,β-unsaturated/α-hetero) is 1. The highest BCUT2D eigenvalue weighted by Crippen LogP contribution is 2.31. The SMILES string of the molecule is [CH2-][NH2+]C(Cc1ccc(OC)cc1)=C(CC1(O)CCC(=O)CC1)[NH2+][CH2-]. The number of benzene rings is 1. The third-order valence-corrected chi connectivity index (χ3v) is 4.72. The Balaban J connectivity index is 2.13. The van der Waals surface area contributed by atoms with Crippen LogP contribution >= 0.6 is 0 Å². The molecule has 0 saturated heterocycles. The topological polar surface area (TPSA) is 79.8 Å². The van der Waals surface area contributed by atoms with E-state index in [4.69, 9.17) is 4.74 Å². The Morgan fingerprint density at radius 2 is 1.75 bits per heavy atom. The van der Waals surface area contributed by atoms with Gasteiger partial charge in [-0.2, -0.15) is 0 Å². The van der Waals surface area contributed by atoms with Crippen LogP contribution in [0.4, 0.5) is 0 Å². The number of aliphatic hydroxyl groups is 1. The van der Waals surface area contributed by atoms with Crippen LogP contribution in [-0.4, -0.2) is 23.6 Å². The summed E-state index contributed by atoms with van der Waals surface area (Å²) in [5.74, 6) is 1.07. The average Bonchev–Trinajstić information content (AvgIpc) is 2.61. The summed E-state index contributed by atoms with van der Waals surface area (Å²) in [5.41, 5.74) is 2.39. The third kappa shape index (κ3) is 4.90. The zero-order valence-electron chi connectivity index (χ0n) is 14.4. The Hall–Kier alpha value is -1.69. The number of ketones is 1. The number of ether oxygens (including phenoxy) is 1. The lowest BCUT2D eigenvalue weighted by Gasteiger charge is -2.32. The van der Waals surface area contributed by atoms with E-state index in [-0.39, 0.29) is 5.78 Å². The summed E-state index contributed by atoms with van der Waals surface area (Å²) in [7, 11) is 9.48. The number of carbonyl (C=O) groups is 1. The number of carbonyl (C=O) groups excluding carboxylic acids is 1. The van der Waals surface area contributed by atoms with Crippen molar-refractivity contribution in [3.05, 3.63) is 55.3 Å². The molecule has 1 aromatic rings. The van der Waals surface area contributed by atoms with E-state index < -0.39 is 5.60 Å². The van der Waals surface area contributed by atoms with E-state index in [1.807, 2.05) is 29.6 Å². The van der Waals surface area contributed by atoms with Crippen LogP contribution in [0.5, 0.6) is 5.75 Å². The molecule has 0 radical (unpaired) electrons. The van der Waals surface area contributed by atoms with Crippen molar-refractivity contribution in [2.45, 2.75) is 44.1 Å². The molecule has 132 valence electrons. The number of allylic oxidation sites excluding steroid dienone is 1. The van der Waals surface area contributed by atoms with Crippen LogP contribution in [0.25, 0.3) is 0 Å². The van der Waals surface area contributed by atoms with E-state index in [9.17, 15) is 9.90 Å². The maximum Gasteiger partial charge on any atom is 0.138 e. The fourth-order valence-corrected chi connectivity index (χ4v) is 3.12. The summed E-state index contributed by atoms with van der Waals surface area (Å²) in [5, 5.41) is 14.4. The highest BCUT2D eigenvalue weighted by molar-refractivity contribution is 5.79. The monoisotopic (exact) mass is 332 g/mol. The van der Waals surface area contributed by atoms with Crippen LogP contribution in [-0.2, 0) is 11.2 Å². The Morgan fingerprint density at radius 1 is 1.17 bits per heavy atom. The van der Waals surface area contributed by atoms with Crippen molar-refractivity contribution < 1.29 is 25.3 Å². The highest BCUT2D eigenvalue weighted by Gasteiger charge is 2.35. The van der Waals surface area contributed by atoms with Crippen molar-refractivity contribution in [1.29, 1.82) is 0 Å². The molecule has 5 nitrogen and oxygen atoms in total. The van der Waals surface area contributed by atoms with Crippen LogP contribution in [0.1, 0.15) is 37.7 Å². The lowest BCUT2D eigenvalue weighted by atomic mass is 9.80. The molecule has 1 saturated carbocycles. The quantitative estimate of drug-likeness (QED) is 0.633. The van der Waals surface area contributed by atoms with E-state index in [2.05, 4.69) is 14.1 Å². The van der Waals surface area contributed by atoms with Crippen molar-refractivity contribution in [3.63, 3.8) is 0 Å². The molecule has 0 heterocycles. The van der Waals surface area contributed by atoms with Crippen molar-refractivity contribution in [3.8, 4) is 5.75 Å². The standard InChI is InChI=1S/C19H28N2O3/c1-20-17(12-14-4-6-16(24-3)7-5-14)18(21-2)13-19(23)10-8-15(22)9-11-19/h4-7,23H,1-2,8-13,20-21H2,3H3. The summed E-state index contributed by atoms with van der Waals surface area (Å²) in [6.45, 7) is 0. The van der Waals surface area contributed by atoms with Crippen molar-refractivity contribution in [2.24, 2.45) is 0 Å². The van der Waals surface area contributed by atoms with Crippen LogP contribution in [0.15, 0.2) is 35.7 Å². The molecule has 5 N–H and O–H groups in total. The molecule has 5 heteroatoms. The molecule has 0 aliphatic heterocycles. The minimum atomic E-state index is -0.814. The Labute approximate surface area is 144 Å². The van der Waals surface area contributed by atoms with Crippen LogP contribution in [0.2, 0.25) is 0 Å². The van der Waals surface area contributed by atoms with Gasteiger partial charge in [-0.1, -0.05) is 12.1 Å². The normalized spacial score (nSPS) is 18.2. The summed E-state index contributed by atoms with van der Waals surface area (Å²) in [6, 6.07) is 7.92. The van der Waals surface area contributed by atoms with E-state index in [0.717, 1.165) is 29.1 Å². The number of rotatable bonds is 7. The van der Waals surface area contributed by atoms with Gasteiger partial charge in [0.05, 0.1) is 25.6 Å². The maximum atomic E-state index is 11.4. The first kappa shape index (κ1) is 18.6. The zero-order valence-corrected chi connectivity index (χ0v) is 14.4. The molecule has 2 rings (SSSR count). The third-order valence-electron chi connectivity index (χ3n) is 4.72. The molecule has 0 amide bonds. The summed E-state index contributed by atoms with van der Waals surface area (Å²) < 4.78 is 5.18. The molecule has 0 unspecified atom stereocenters. The number of methoxy groups -OCH3 is 1. The predicted octanol–water partition coefficient (Wildman–Crippen LogP) is 0.424. The van der Waals surface area contributed by atoms with Gasteiger partial charge in [0.2, 0.25) is 0 Å². The van der Waals surface area contributed by atoms with E-state index in [1.54, 1.807) is 12.4 Å². The minimum absolute atomic E-state index is 0.242. The second-order valence-corrected chi connectivity index (χ2v) is 6.42. The first-order valence-corrected chi connectivity index (χ1v) is 8.33. The van der Waals surface area contributed by atoms with Crippen molar-refractivity contribution >= 4 is 5.78 Å². The van der Waals surface area contributed by atoms with Gasteiger partial charge in [0.25, 0.3) is 0 Å². The molecule has 0 bridgehead atoms. The van der Waals surface area contributed by atoms with Crippen LogP contribution in [0, 0.1) is 14.1 Å². The molecule has 1 aliphatic carbocycles. The van der Waals surface area contributed by atoms with Crippen molar-refractivity contribution in [2.75, 3.05) is 7.11 Å². The van der Waals surface area contributed by atoms with Gasteiger partial charge in [-0.3, -0.25) is 4.79 Å². The zero-order chi connectivity index (χ0) is 17.6. The molecule has 0 aromatic heterocycles. The van der Waals surface area contributed by atoms with Gasteiger partial charge in [0, 0.05) is 12.8 Å². The lowest BCUT2D eigenvalue weighted by Crippen LogP contribution is -2.83. The van der Waals surface area contributed by atoms with Crippen molar-refractivity contribution in [1.82, 2.24) is 0 Å². The fraction of sp³-hybridized carbons (Fsp3) is 0.421. The van der Waals surface area contributed by atoms with Gasteiger partial charge in [0.15, 0.2) is 0 Å². The number of nitrogens with two attached hydrogens (primary N) is 2. The second kappa shape index (κ2) is 8.42. The molecular formula is C19H28N2O3.